The van der Waals surface area contributed by atoms with Crippen LogP contribution >= 0.6 is 24.0 Å². The van der Waals surface area contributed by atoms with Crippen molar-refractivity contribution in [1.29, 1.82) is 0 Å². The quantitative estimate of drug-likeness (QED) is 0.431. The minimum atomic E-state index is -3.17. The molecule has 120 valence electrons. The van der Waals surface area contributed by atoms with Crippen LogP contribution in [0.1, 0.15) is 26.3 Å². The average Bonchev–Trinajstić information content (AvgIpc) is 2.35. The van der Waals surface area contributed by atoms with Crippen LogP contribution in [0.4, 0.5) is 5.69 Å². The third-order valence-corrected chi connectivity index (χ3v) is 5.38. The maximum atomic E-state index is 11.6. The van der Waals surface area contributed by atoms with Crippen LogP contribution in [0.3, 0.4) is 0 Å². The van der Waals surface area contributed by atoms with Gasteiger partial charge in [0.25, 0.3) is 0 Å². The third-order valence-electron chi connectivity index (χ3n) is 3.24. The summed E-state index contributed by atoms with van der Waals surface area (Å²) >= 11 is 0. The first-order chi connectivity index (χ1) is 9.15. The second-order valence-electron chi connectivity index (χ2n) is 5.41. The number of nitrogens with one attached hydrogen (secondary N) is 1. The topological polar surface area (TPSA) is 84.5 Å². The number of anilines is 1. The molecule has 0 aromatic heterocycles. The number of nitrogens with zero attached hydrogens (tertiary/aromatic N) is 1. The molecule has 0 aliphatic carbocycles. The second-order valence-corrected chi connectivity index (χ2v) is 8.06. The smallest absolute Gasteiger partial charge is 0.193 e. The van der Waals surface area contributed by atoms with Gasteiger partial charge < -0.3 is 11.1 Å². The molecule has 0 saturated heterocycles. The summed E-state index contributed by atoms with van der Waals surface area (Å²) in [4.78, 5) is 4.12. The maximum Gasteiger partial charge on any atom is 0.193 e. The van der Waals surface area contributed by atoms with Crippen molar-refractivity contribution >= 4 is 45.5 Å². The Hall–Kier alpha value is -0.830. The van der Waals surface area contributed by atoms with E-state index in [1.807, 2.05) is 24.3 Å². The lowest BCUT2D eigenvalue weighted by molar-refractivity contribution is 0.555. The summed E-state index contributed by atoms with van der Waals surface area (Å²) in [5.74, 6) is 0.218. The van der Waals surface area contributed by atoms with Crippen LogP contribution in [0.15, 0.2) is 29.3 Å². The number of benzene rings is 1. The van der Waals surface area contributed by atoms with Gasteiger partial charge in [-0.3, -0.25) is 4.99 Å². The standard InChI is InChI=1S/C14H23N3O2S.HI/c1-5-11-7-6-8-12(9-11)17-13(15)16-10-14(2,3)20(4,18)19;/h6-9H,5,10H2,1-4H3,(H3,15,16,17);1H. The Bertz CT molecular complexity index is 598. The Kier molecular flexibility index (Phi) is 7.66. The Morgan fingerprint density at radius 3 is 2.52 bits per heavy atom. The van der Waals surface area contributed by atoms with Gasteiger partial charge in [-0.1, -0.05) is 19.1 Å². The molecule has 0 heterocycles. The molecule has 7 heteroatoms. The number of hydrogen-bond acceptors (Lipinski definition) is 3. The highest BCUT2D eigenvalue weighted by Crippen LogP contribution is 2.15. The number of halogens is 1. The van der Waals surface area contributed by atoms with Gasteiger partial charge in [0.05, 0.1) is 11.3 Å². The molecule has 0 aliphatic heterocycles. The van der Waals surface area contributed by atoms with E-state index in [0.29, 0.717) is 0 Å². The number of aliphatic imine (C=N–C) groups is 1. The van der Waals surface area contributed by atoms with Crippen LogP contribution in [0, 0.1) is 0 Å². The van der Waals surface area contributed by atoms with Gasteiger partial charge in [0, 0.05) is 11.9 Å². The zero-order valence-corrected chi connectivity index (χ0v) is 16.0. The van der Waals surface area contributed by atoms with Crippen LogP contribution in [-0.2, 0) is 16.3 Å². The van der Waals surface area contributed by atoms with E-state index in [0.717, 1.165) is 12.1 Å². The molecule has 0 saturated carbocycles. The predicted octanol–water partition coefficient (Wildman–Crippen LogP) is 2.42. The van der Waals surface area contributed by atoms with E-state index < -0.39 is 14.6 Å². The summed E-state index contributed by atoms with van der Waals surface area (Å²) in [6.07, 6.45) is 2.14. The largest absolute Gasteiger partial charge is 0.370 e. The molecule has 0 unspecified atom stereocenters. The molecule has 0 aliphatic rings. The van der Waals surface area contributed by atoms with E-state index in [9.17, 15) is 8.42 Å². The van der Waals surface area contributed by atoms with Crippen molar-refractivity contribution in [2.45, 2.75) is 31.9 Å². The molecule has 5 nitrogen and oxygen atoms in total. The first-order valence-electron chi connectivity index (χ1n) is 6.51. The minimum absolute atomic E-state index is 0. The van der Waals surface area contributed by atoms with Crippen LogP contribution in [-0.4, -0.2) is 31.9 Å². The summed E-state index contributed by atoms with van der Waals surface area (Å²) in [5, 5.41) is 2.97. The van der Waals surface area contributed by atoms with E-state index in [4.69, 9.17) is 5.73 Å². The highest BCUT2D eigenvalue weighted by Gasteiger charge is 2.29. The Morgan fingerprint density at radius 2 is 2.00 bits per heavy atom. The lowest BCUT2D eigenvalue weighted by atomic mass is 10.1. The number of hydrogen-bond donors (Lipinski definition) is 2. The van der Waals surface area contributed by atoms with Crippen molar-refractivity contribution < 1.29 is 8.42 Å². The number of guanidine groups is 1. The average molecular weight is 425 g/mol. The van der Waals surface area contributed by atoms with Crippen molar-refractivity contribution in [1.82, 2.24) is 0 Å². The molecule has 1 aromatic carbocycles. The Balaban J connectivity index is 0.00000400. The van der Waals surface area contributed by atoms with Crippen LogP contribution in [0.2, 0.25) is 0 Å². The van der Waals surface area contributed by atoms with Crippen LogP contribution in [0.5, 0.6) is 0 Å². The molecule has 1 aromatic rings. The number of rotatable bonds is 5. The molecule has 0 radical (unpaired) electrons. The fourth-order valence-corrected chi connectivity index (χ4v) is 1.75. The molecule has 0 bridgehead atoms. The minimum Gasteiger partial charge on any atom is -0.370 e. The molecule has 0 amide bonds. The summed E-state index contributed by atoms with van der Waals surface area (Å²) in [6, 6.07) is 7.85. The van der Waals surface area contributed by atoms with Gasteiger partial charge in [0.1, 0.15) is 0 Å². The third kappa shape index (κ3) is 6.21. The summed E-state index contributed by atoms with van der Waals surface area (Å²) in [5.41, 5.74) is 7.84. The van der Waals surface area contributed by atoms with Gasteiger partial charge in [-0.2, -0.15) is 0 Å². The number of sulfone groups is 1. The van der Waals surface area contributed by atoms with Crippen LogP contribution in [0.25, 0.3) is 0 Å². The molecule has 1 rings (SSSR count). The van der Waals surface area contributed by atoms with Crippen LogP contribution < -0.4 is 11.1 Å². The summed E-state index contributed by atoms with van der Waals surface area (Å²) < 4.78 is 22.2. The molecular formula is C14H24IN3O2S. The van der Waals surface area contributed by atoms with Gasteiger partial charge in [-0.15, -0.1) is 24.0 Å². The first-order valence-corrected chi connectivity index (χ1v) is 8.40. The Labute approximate surface area is 144 Å². The zero-order chi connectivity index (χ0) is 15.4. The molecule has 3 N–H and O–H groups in total. The SMILES string of the molecule is CCc1cccc(NC(N)=NCC(C)(C)S(C)(=O)=O)c1.I. The fourth-order valence-electron chi connectivity index (χ4n) is 1.45. The van der Waals surface area contributed by atoms with Gasteiger partial charge in [0.2, 0.25) is 0 Å². The fraction of sp³-hybridized carbons (Fsp3) is 0.500. The summed E-state index contributed by atoms with van der Waals surface area (Å²) in [6.45, 7) is 5.47. The normalized spacial score (nSPS) is 12.7. The Morgan fingerprint density at radius 1 is 1.38 bits per heavy atom. The maximum absolute atomic E-state index is 11.6. The lowest BCUT2D eigenvalue weighted by Gasteiger charge is -2.20. The molecular weight excluding hydrogens is 401 g/mol. The highest BCUT2D eigenvalue weighted by atomic mass is 127. The van der Waals surface area contributed by atoms with Crippen molar-refractivity contribution in [3.63, 3.8) is 0 Å². The van der Waals surface area contributed by atoms with Crippen molar-refractivity contribution in [3.05, 3.63) is 29.8 Å². The van der Waals surface area contributed by atoms with E-state index in [2.05, 4.69) is 17.2 Å². The predicted molar refractivity (Wildman–Crippen MR) is 100 cm³/mol. The van der Waals surface area contributed by atoms with E-state index >= 15 is 0 Å². The van der Waals surface area contributed by atoms with Gasteiger partial charge >= 0.3 is 0 Å². The second kappa shape index (κ2) is 7.98. The first kappa shape index (κ1) is 20.2. The van der Waals surface area contributed by atoms with Gasteiger partial charge in [-0.05, 0) is 38.0 Å². The molecule has 21 heavy (non-hydrogen) atoms. The summed E-state index contributed by atoms with van der Waals surface area (Å²) in [7, 11) is -3.17. The van der Waals surface area contributed by atoms with E-state index in [-0.39, 0.29) is 36.5 Å². The molecule has 0 atom stereocenters. The number of nitrogens with two attached hydrogens (primary N) is 1. The monoisotopic (exact) mass is 425 g/mol. The molecule has 0 fully saturated rings. The van der Waals surface area contributed by atoms with Gasteiger partial charge in [-0.25, -0.2) is 8.42 Å². The van der Waals surface area contributed by atoms with E-state index in [1.54, 1.807) is 13.8 Å². The molecule has 0 spiro atoms. The highest BCUT2D eigenvalue weighted by molar-refractivity contribution is 14.0. The van der Waals surface area contributed by atoms with Crippen molar-refractivity contribution in [2.24, 2.45) is 10.7 Å². The zero-order valence-electron chi connectivity index (χ0n) is 12.9. The van der Waals surface area contributed by atoms with Gasteiger partial charge in [0.15, 0.2) is 15.8 Å². The van der Waals surface area contributed by atoms with Crippen molar-refractivity contribution in [2.75, 3.05) is 18.1 Å². The van der Waals surface area contributed by atoms with E-state index in [1.165, 1.54) is 11.8 Å². The van der Waals surface area contributed by atoms with Crippen molar-refractivity contribution in [3.8, 4) is 0 Å². The lowest BCUT2D eigenvalue weighted by Crippen LogP contribution is -2.36. The number of aryl methyl sites for hydroxylation is 1.